The molecule has 9 heteroatoms. The summed E-state index contributed by atoms with van der Waals surface area (Å²) in [5.41, 5.74) is -0.675. The lowest BCUT2D eigenvalue weighted by molar-refractivity contribution is -0.284. The molecule has 0 saturated heterocycles. The molecule has 190 valence electrons. The van der Waals surface area contributed by atoms with E-state index < -0.39 is 41.2 Å². The summed E-state index contributed by atoms with van der Waals surface area (Å²) in [6, 6.07) is 8.65. The normalized spacial score (nSPS) is 20.9. The third-order valence-corrected chi connectivity index (χ3v) is 9.13. The van der Waals surface area contributed by atoms with E-state index in [4.69, 9.17) is 0 Å². The first kappa shape index (κ1) is 28.5. The molecule has 0 saturated carbocycles. The number of halogens is 6. The van der Waals surface area contributed by atoms with Crippen molar-refractivity contribution in [2.24, 2.45) is 5.92 Å². The Bertz CT molecular complexity index is 740. The van der Waals surface area contributed by atoms with Gasteiger partial charge in [-0.2, -0.15) is 22.0 Å². The van der Waals surface area contributed by atoms with Gasteiger partial charge in [-0.15, -0.1) is 11.8 Å². The van der Waals surface area contributed by atoms with Gasteiger partial charge in [-0.25, -0.2) is 4.39 Å². The van der Waals surface area contributed by atoms with Crippen LogP contribution in [-0.2, 0) is 10.8 Å². The molecule has 0 radical (unpaired) electrons. The van der Waals surface area contributed by atoms with Gasteiger partial charge in [0.25, 0.3) is 0 Å². The van der Waals surface area contributed by atoms with Crippen molar-refractivity contribution in [2.45, 2.75) is 99.5 Å². The van der Waals surface area contributed by atoms with Crippen LogP contribution in [0.15, 0.2) is 29.2 Å². The van der Waals surface area contributed by atoms with Crippen molar-refractivity contribution < 1.29 is 30.6 Å². The minimum absolute atomic E-state index is 0.00422. The van der Waals surface area contributed by atoms with E-state index in [1.807, 2.05) is 11.8 Å². The van der Waals surface area contributed by atoms with Gasteiger partial charge in [0.15, 0.2) is 5.50 Å². The van der Waals surface area contributed by atoms with Gasteiger partial charge in [-0.1, -0.05) is 63.6 Å². The average molecular weight is 517 g/mol. The Labute approximate surface area is 199 Å². The number of rotatable bonds is 14. The molecule has 1 aliphatic rings. The lowest BCUT2D eigenvalue weighted by Crippen LogP contribution is -2.37. The van der Waals surface area contributed by atoms with Crippen molar-refractivity contribution >= 4 is 22.6 Å². The van der Waals surface area contributed by atoms with E-state index in [0.29, 0.717) is 18.3 Å². The summed E-state index contributed by atoms with van der Waals surface area (Å²) in [6.07, 6.45) is -0.661. The van der Waals surface area contributed by atoms with Gasteiger partial charge in [0.2, 0.25) is 0 Å². The fourth-order valence-electron chi connectivity index (χ4n) is 4.19. The second-order valence-electron chi connectivity index (χ2n) is 8.93. The Balaban J connectivity index is 1.52. The second kappa shape index (κ2) is 13.4. The van der Waals surface area contributed by atoms with E-state index in [0.717, 1.165) is 37.9 Å². The molecule has 1 nitrogen and oxygen atoms in total. The zero-order valence-electron chi connectivity index (χ0n) is 19.0. The molecule has 0 N–H and O–H groups in total. The molecule has 4 unspecified atom stereocenters. The van der Waals surface area contributed by atoms with E-state index in [9.17, 15) is 30.6 Å². The number of fused-ring (bicyclic) bond motifs is 1. The Morgan fingerprint density at radius 2 is 1.61 bits per heavy atom. The Morgan fingerprint density at radius 3 is 2.27 bits per heavy atom. The molecule has 1 heterocycles. The summed E-state index contributed by atoms with van der Waals surface area (Å²) >= 11 is 1.94. The molecule has 33 heavy (non-hydrogen) atoms. The quantitative estimate of drug-likeness (QED) is 0.182. The molecule has 0 spiro atoms. The van der Waals surface area contributed by atoms with Crippen LogP contribution < -0.4 is 0 Å². The highest BCUT2D eigenvalue weighted by Gasteiger charge is 2.57. The minimum Gasteiger partial charge on any atom is -0.257 e. The van der Waals surface area contributed by atoms with Crippen LogP contribution in [0.5, 0.6) is 0 Å². The molecular weight excluding hydrogens is 482 g/mol. The van der Waals surface area contributed by atoms with Crippen LogP contribution in [0.2, 0.25) is 0 Å². The Hall–Kier alpha value is -0.700. The molecular formula is C24H34F6OS2. The van der Waals surface area contributed by atoms with E-state index in [-0.39, 0.29) is 5.75 Å². The third kappa shape index (κ3) is 9.11. The first-order chi connectivity index (χ1) is 15.5. The van der Waals surface area contributed by atoms with Crippen molar-refractivity contribution in [3.8, 4) is 0 Å². The minimum atomic E-state index is -5.70. The van der Waals surface area contributed by atoms with Gasteiger partial charge in [-0.3, -0.25) is 4.21 Å². The van der Waals surface area contributed by atoms with Gasteiger partial charge in [0.1, 0.15) is 0 Å². The predicted molar refractivity (Wildman–Crippen MR) is 124 cm³/mol. The highest BCUT2D eigenvalue weighted by atomic mass is 32.2. The molecule has 1 aliphatic heterocycles. The third-order valence-electron chi connectivity index (χ3n) is 6.25. The van der Waals surface area contributed by atoms with Crippen LogP contribution in [-0.4, -0.2) is 33.3 Å². The molecule has 4 atom stereocenters. The van der Waals surface area contributed by atoms with Crippen LogP contribution in [0.4, 0.5) is 26.3 Å². The standard InChI is InChI=1S/C24H34F6OS2/c1-18-17-32-21-13-9-8-12-20(21)19(18)11-7-5-3-2-4-6-10-16-33(31)22(25)14-15-23(26,27)24(28,29)30/h8-9,12-13,18-19,22H,2-7,10-11,14-17H2,1H3. The molecule has 0 aromatic heterocycles. The van der Waals surface area contributed by atoms with Gasteiger partial charge in [0.05, 0.1) is 10.8 Å². The maximum Gasteiger partial charge on any atom is 0.453 e. The fourth-order valence-corrected chi connectivity index (χ4v) is 6.55. The predicted octanol–water partition coefficient (Wildman–Crippen LogP) is 8.65. The van der Waals surface area contributed by atoms with Crippen LogP contribution >= 0.6 is 11.8 Å². The topological polar surface area (TPSA) is 17.1 Å². The lowest BCUT2D eigenvalue weighted by Gasteiger charge is -2.31. The molecule has 1 aromatic carbocycles. The maximum absolute atomic E-state index is 13.7. The monoisotopic (exact) mass is 516 g/mol. The first-order valence-electron chi connectivity index (χ1n) is 11.7. The zero-order chi connectivity index (χ0) is 24.5. The number of thioether (sulfide) groups is 1. The SMILES string of the molecule is CC1CSc2ccccc2C1CCCCCCCCCS(=O)C(F)CCC(F)(F)C(F)(F)F. The molecule has 2 rings (SSSR count). The Kier molecular flexibility index (Phi) is 11.6. The van der Waals surface area contributed by atoms with Crippen molar-refractivity contribution in [3.63, 3.8) is 0 Å². The molecule has 0 fully saturated rings. The zero-order valence-corrected chi connectivity index (χ0v) is 20.7. The van der Waals surface area contributed by atoms with Crippen molar-refractivity contribution in [1.82, 2.24) is 0 Å². The molecule has 0 amide bonds. The van der Waals surface area contributed by atoms with Crippen LogP contribution in [0.3, 0.4) is 0 Å². The summed E-state index contributed by atoms with van der Waals surface area (Å²) in [5.74, 6) is -2.51. The number of unbranched alkanes of at least 4 members (excludes halogenated alkanes) is 6. The van der Waals surface area contributed by atoms with Crippen molar-refractivity contribution in [1.29, 1.82) is 0 Å². The smallest absolute Gasteiger partial charge is 0.257 e. The molecule has 1 aromatic rings. The first-order valence-corrected chi connectivity index (χ1v) is 14.1. The van der Waals surface area contributed by atoms with E-state index in [1.54, 1.807) is 0 Å². The van der Waals surface area contributed by atoms with E-state index in [1.165, 1.54) is 23.3 Å². The number of benzene rings is 1. The Morgan fingerprint density at radius 1 is 1.00 bits per heavy atom. The average Bonchev–Trinajstić information content (AvgIpc) is 2.76. The summed E-state index contributed by atoms with van der Waals surface area (Å²) in [7, 11) is -2.03. The van der Waals surface area contributed by atoms with Crippen molar-refractivity contribution in [2.75, 3.05) is 11.5 Å². The van der Waals surface area contributed by atoms with Gasteiger partial charge in [0, 0.05) is 22.8 Å². The summed E-state index contributed by atoms with van der Waals surface area (Å²) in [4.78, 5) is 1.41. The van der Waals surface area contributed by atoms with Gasteiger partial charge in [-0.05, 0) is 42.7 Å². The maximum atomic E-state index is 13.7. The molecule has 0 bridgehead atoms. The van der Waals surface area contributed by atoms with Gasteiger partial charge >= 0.3 is 12.1 Å². The highest BCUT2D eigenvalue weighted by Crippen LogP contribution is 2.43. The number of hydrogen-bond donors (Lipinski definition) is 0. The van der Waals surface area contributed by atoms with Crippen LogP contribution in [0.1, 0.15) is 82.6 Å². The summed E-state index contributed by atoms with van der Waals surface area (Å²) in [6.45, 7) is 2.32. The van der Waals surface area contributed by atoms with Crippen molar-refractivity contribution in [3.05, 3.63) is 29.8 Å². The summed E-state index contributed by atoms with van der Waals surface area (Å²) < 4.78 is 87.4. The molecule has 0 aliphatic carbocycles. The van der Waals surface area contributed by atoms with E-state index in [2.05, 4.69) is 31.2 Å². The second-order valence-corrected chi connectivity index (χ2v) is 11.7. The van der Waals surface area contributed by atoms with Gasteiger partial charge < -0.3 is 0 Å². The van der Waals surface area contributed by atoms with Crippen LogP contribution in [0, 0.1) is 5.92 Å². The van der Waals surface area contributed by atoms with Crippen LogP contribution in [0.25, 0.3) is 0 Å². The lowest BCUT2D eigenvalue weighted by atomic mass is 9.83. The largest absolute Gasteiger partial charge is 0.453 e. The highest BCUT2D eigenvalue weighted by molar-refractivity contribution is 7.99. The van der Waals surface area contributed by atoms with E-state index >= 15 is 0 Å². The number of alkyl halides is 6. The number of hydrogen-bond acceptors (Lipinski definition) is 2. The summed E-state index contributed by atoms with van der Waals surface area (Å²) in [5, 5.41) is 0. The fraction of sp³-hybridized carbons (Fsp3) is 0.750.